The lowest BCUT2D eigenvalue weighted by Crippen LogP contribution is -2.15. The molecule has 3 aromatic carbocycles. The molecule has 0 spiro atoms. The molecule has 1 heteroatoms. The molecule has 0 aromatic heterocycles. The number of hydrogen-bond donors (Lipinski definition) is 0. The highest BCUT2D eigenvalue weighted by molar-refractivity contribution is 6.31. The van der Waals surface area contributed by atoms with Crippen LogP contribution in [-0.2, 0) is 11.8 Å². The topological polar surface area (TPSA) is 0 Å². The summed E-state index contributed by atoms with van der Waals surface area (Å²) in [5.41, 5.74) is 8.14. The van der Waals surface area contributed by atoms with E-state index in [0.29, 0.717) is 0 Å². The van der Waals surface area contributed by atoms with Crippen molar-refractivity contribution in [2.24, 2.45) is 0 Å². The molecule has 23 heavy (non-hydrogen) atoms. The summed E-state index contributed by atoms with van der Waals surface area (Å²) in [4.78, 5) is 0. The Kier molecular flexibility index (Phi) is 3.32. The van der Waals surface area contributed by atoms with E-state index in [0.717, 1.165) is 11.4 Å². The van der Waals surface area contributed by atoms with Crippen molar-refractivity contribution in [1.29, 1.82) is 0 Å². The highest BCUT2D eigenvalue weighted by atomic mass is 35.5. The van der Waals surface area contributed by atoms with E-state index in [2.05, 4.69) is 62.4 Å². The Morgan fingerprint density at radius 2 is 1.48 bits per heavy atom. The van der Waals surface area contributed by atoms with E-state index in [1.54, 1.807) is 0 Å². The molecule has 0 saturated carbocycles. The normalized spacial score (nSPS) is 14.4. The van der Waals surface area contributed by atoms with Crippen LogP contribution in [0.2, 0.25) is 5.02 Å². The van der Waals surface area contributed by atoms with Crippen LogP contribution in [0.1, 0.15) is 36.1 Å². The van der Waals surface area contributed by atoms with Crippen LogP contribution in [-0.4, -0.2) is 0 Å². The molecule has 0 nitrogen and oxygen atoms in total. The fraction of sp³-hybridized carbons (Fsp3) is 0.182. The lowest BCUT2D eigenvalue weighted by atomic mass is 9.81. The molecule has 114 valence electrons. The molecule has 0 fully saturated rings. The first kappa shape index (κ1) is 14.5. The first-order valence-electron chi connectivity index (χ1n) is 8.04. The summed E-state index contributed by atoms with van der Waals surface area (Å²) >= 11 is 6.32. The molecule has 3 aromatic rings. The number of hydrogen-bond acceptors (Lipinski definition) is 0. The van der Waals surface area contributed by atoms with Crippen molar-refractivity contribution < 1.29 is 0 Å². The van der Waals surface area contributed by atoms with Gasteiger partial charge in [-0.15, -0.1) is 0 Å². The molecule has 0 unspecified atom stereocenters. The summed E-state index contributed by atoms with van der Waals surface area (Å²) in [7, 11) is 0. The van der Waals surface area contributed by atoms with Crippen molar-refractivity contribution in [1.82, 2.24) is 0 Å². The predicted octanol–water partition coefficient (Wildman–Crippen LogP) is 6.24. The van der Waals surface area contributed by atoms with Crippen molar-refractivity contribution in [3.8, 4) is 11.1 Å². The van der Waals surface area contributed by atoms with Gasteiger partial charge in [0.05, 0.1) is 0 Å². The van der Waals surface area contributed by atoms with Crippen LogP contribution in [0.4, 0.5) is 0 Å². The summed E-state index contributed by atoms with van der Waals surface area (Å²) in [5, 5.41) is 0.843. The standard InChI is InChI=1S/C22H19Cl/c1-22(2)19-9-5-4-8-17(19)18-12-11-15(14-20(18)22)13-16-7-3-6-10-21(16)23/h3-12,14H,13H2,1-2H3. The number of benzene rings is 3. The minimum absolute atomic E-state index is 0.0580. The molecule has 0 N–H and O–H groups in total. The van der Waals surface area contributed by atoms with Crippen LogP contribution in [0.3, 0.4) is 0 Å². The summed E-state index contributed by atoms with van der Waals surface area (Å²) in [6.07, 6.45) is 0.874. The summed E-state index contributed by atoms with van der Waals surface area (Å²) in [6, 6.07) is 23.7. The van der Waals surface area contributed by atoms with Gasteiger partial charge in [0.15, 0.2) is 0 Å². The zero-order valence-electron chi connectivity index (χ0n) is 13.4. The minimum Gasteiger partial charge on any atom is -0.0840 e. The van der Waals surface area contributed by atoms with E-state index in [1.165, 1.54) is 33.4 Å². The van der Waals surface area contributed by atoms with Crippen molar-refractivity contribution in [3.63, 3.8) is 0 Å². The first-order chi connectivity index (χ1) is 11.1. The molecular weight excluding hydrogens is 300 g/mol. The third-order valence-corrected chi connectivity index (χ3v) is 5.37. The van der Waals surface area contributed by atoms with Crippen molar-refractivity contribution in [2.45, 2.75) is 25.7 Å². The van der Waals surface area contributed by atoms with Crippen molar-refractivity contribution >= 4 is 11.6 Å². The molecule has 0 heterocycles. The van der Waals surface area contributed by atoms with E-state index in [1.807, 2.05) is 18.2 Å². The minimum atomic E-state index is 0.0580. The quantitative estimate of drug-likeness (QED) is 0.525. The Morgan fingerprint density at radius 3 is 2.30 bits per heavy atom. The van der Waals surface area contributed by atoms with E-state index < -0.39 is 0 Å². The van der Waals surface area contributed by atoms with Gasteiger partial charge in [0, 0.05) is 10.4 Å². The van der Waals surface area contributed by atoms with Crippen LogP contribution in [0.5, 0.6) is 0 Å². The Labute approximate surface area is 142 Å². The second-order valence-corrected chi connectivity index (χ2v) is 7.23. The molecular formula is C22H19Cl. The lowest BCUT2D eigenvalue weighted by Gasteiger charge is -2.22. The van der Waals surface area contributed by atoms with Crippen molar-refractivity contribution in [2.75, 3.05) is 0 Å². The third-order valence-electron chi connectivity index (χ3n) is 5.00. The second-order valence-electron chi connectivity index (χ2n) is 6.82. The van der Waals surface area contributed by atoms with Gasteiger partial charge >= 0.3 is 0 Å². The number of halogens is 1. The summed E-state index contributed by atoms with van der Waals surface area (Å²) in [6.45, 7) is 4.63. The van der Waals surface area contributed by atoms with Gasteiger partial charge in [-0.05, 0) is 45.9 Å². The van der Waals surface area contributed by atoms with Crippen LogP contribution >= 0.6 is 11.6 Å². The molecule has 0 saturated heterocycles. The Bertz CT molecular complexity index is 890. The highest BCUT2D eigenvalue weighted by Crippen LogP contribution is 2.48. The van der Waals surface area contributed by atoms with Crippen LogP contribution in [0.25, 0.3) is 11.1 Å². The Hall–Kier alpha value is -2.05. The number of fused-ring (bicyclic) bond motifs is 3. The van der Waals surface area contributed by atoms with Gasteiger partial charge < -0.3 is 0 Å². The predicted molar refractivity (Wildman–Crippen MR) is 98.3 cm³/mol. The molecule has 1 aliphatic rings. The second kappa shape index (κ2) is 5.25. The zero-order valence-corrected chi connectivity index (χ0v) is 14.2. The van der Waals surface area contributed by atoms with Crippen LogP contribution in [0, 0.1) is 0 Å². The fourth-order valence-corrected chi connectivity index (χ4v) is 3.93. The average Bonchev–Trinajstić information content (AvgIpc) is 2.78. The van der Waals surface area contributed by atoms with E-state index >= 15 is 0 Å². The van der Waals surface area contributed by atoms with Crippen LogP contribution in [0.15, 0.2) is 66.7 Å². The lowest BCUT2D eigenvalue weighted by molar-refractivity contribution is 0.659. The molecule has 0 bridgehead atoms. The van der Waals surface area contributed by atoms with Gasteiger partial charge in [0.1, 0.15) is 0 Å². The molecule has 0 atom stereocenters. The maximum Gasteiger partial charge on any atom is 0.0441 e. The van der Waals surface area contributed by atoms with E-state index in [4.69, 9.17) is 11.6 Å². The maximum atomic E-state index is 6.32. The molecule has 0 amide bonds. The Balaban J connectivity index is 1.79. The largest absolute Gasteiger partial charge is 0.0840 e. The highest BCUT2D eigenvalue weighted by Gasteiger charge is 2.34. The van der Waals surface area contributed by atoms with Crippen LogP contribution < -0.4 is 0 Å². The van der Waals surface area contributed by atoms with Gasteiger partial charge in [0.2, 0.25) is 0 Å². The van der Waals surface area contributed by atoms with E-state index in [-0.39, 0.29) is 5.41 Å². The first-order valence-corrected chi connectivity index (χ1v) is 8.42. The fourth-order valence-electron chi connectivity index (χ4n) is 3.72. The van der Waals surface area contributed by atoms with Gasteiger partial charge in [-0.2, -0.15) is 0 Å². The smallest absolute Gasteiger partial charge is 0.0441 e. The summed E-state index contributed by atoms with van der Waals surface area (Å²) < 4.78 is 0. The molecule has 0 radical (unpaired) electrons. The van der Waals surface area contributed by atoms with Gasteiger partial charge in [-0.25, -0.2) is 0 Å². The molecule has 0 aliphatic heterocycles. The van der Waals surface area contributed by atoms with Gasteiger partial charge in [-0.3, -0.25) is 0 Å². The average molecular weight is 319 g/mol. The number of rotatable bonds is 2. The zero-order chi connectivity index (χ0) is 16.0. The molecule has 4 rings (SSSR count). The van der Waals surface area contributed by atoms with Gasteiger partial charge in [-0.1, -0.05) is 86.1 Å². The SMILES string of the molecule is CC1(C)c2ccccc2-c2ccc(Cc3ccccc3Cl)cc21. The Morgan fingerprint density at radius 1 is 0.783 bits per heavy atom. The van der Waals surface area contributed by atoms with Gasteiger partial charge in [0.25, 0.3) is 0 Å². The summed E-state index contributed by atoms with van der Waals surface area (Å²) in [5.74, 6) is 0. The van der Waals surface area contributed by atoms with Crippen molar-refractivity contribution in [3.05, 3.63) is 94.0 Å². The van der Waals surface area contributed by atoms with E-state index in [9.17, 15) is 0 Å². The maximum absolute atomic E-state index is 6.32. The third kappa shape index (κ3) is 2.29. The molecule has 1 aliphatic carbocycles. The monoisotopic (exact) mass is 318 g/mol.